The summed E-state index contributed by atoms with van der Waals surface area (Å²) < 4.78 is 30.3. The first kappa shape index (κ1) is 12.6. The first-order valence-corrected chi connectivity index (χ1v) is 4.89. The number of hydrogen-bond donors (Lipinski definition) is 2. The topological polar surface area (TPSA) is 91.7 Å². The van der Waals surface area contributed by atoms with Crippen molar-refractivity contribution in [2.75, 3.05) is 0 Å². The van der Waals surface area contributed by atoms with Crippen LogP contribution in [-0.2, 0) is 14.9 Å². The normalized spacial score (nSPS) is 13.0. The number of carboxylic acids is 1. The lowest BCUT2D eigenvalue weighted by molar-refractivity contribution is -0.132. The molecule has 6 heteroatoms. The number of aliphatic carboxylic acids is 1. The molecule has 0 amide bonds. The van der Waals surface area contributed by atoms with Crippen LogP contribution < -0.4 is 0 Å². The predicted octanol–water partition coefficient (Wildman–Crippen LogP) is 0.975. The molecule has 0 radical (unpaired) electrons. The van der Waals surface area contributed by atoms with E-state index in [0.717, 1.165) is 6.08 Å². The summed E-state index contributed by atoms with van der Waals surface area (Å²) >= 11 is 0. The lowest BCUT2D eigenvalue weighted by atomic mass is 10.2. The van der Waals surface area contributed by atoms with E-state index >= 15 is 0 Å². The number of carbonyl (C=O) groups is 1. The van der Waals surface area contributed by atoms with Crippen LogP contribution in [0.25, 0.3) is 0 Å². The van der Waals surface area contributed by atoms with Crippen molar-refractivity contribution in [2.24, 2.45) is 0 Å². The molecule has 0 aliphatic carbocycles. The monoisotopic (exact) mass is 218 g/mol. The van der Waals surface area contributed by atoms with Gasteiger partial charge in [0.1, 0.15) is 4.91 Å². The molecular formula is C8H10O5S. The van der Waals surface area contributed by atoms with E-state index in [1.54, 1.807) is 0 Å². The van der Waals surface area contributed by atoms with Gasteiger partial charge in [-0.1, -0.05) is 19.2 Å². The SMILES string of the molecule is C=C/C(C)=C(\C(=C)C(=O)O)S(=O)(=O)O. The number of carboxylic acid groups (broad SMARTS) is 1. The second kappa shape index (κ2) is 4.21. The maximum Gasteiger partial charge on any atom is 0.336 e. The minimum Gasteiger partial charge on any atom is -0.478 e. The fourth-order valence-corrected chi connectivity index (χ4v) is 1.68. The van der Waals surface area contributed by atoms with Crippen LogP contribution in [0.3, 0.4) is 0 Å². The van der Waals surface area contributed by atoms with Crippen molar-refractivity contribution in [1.82, 2.24) is 0 Å². The van der Waals surface area contributed by atoms with Crippen LogP contribution in [0, 0.1) is 0 Å². The maximum absolute atomic E-state index is 10.8. The van der Waals surface area contributed by atoms with Crippen LogP contribution in [0.15, 0.2) is 35.3 Å². The van der Waals surface area contributed by atoms with E-state index in [9.17, 15) is 13.2 Å². The molecule has 0 fully saturated rings. The zero-order valence-corrected chi connectivity index (χ0v) is 8.34. The summed E-state index contributed by atoms with van der Waals surface area (Å²) in [6.07, 6.45) is 1.12. The molecule has 0 aromatic heterocycles. The summed E-state index contributed by atoms with van der Waals surface area (Å²) in [4.78, 5) is 9.74. The quantitative estimate of drug-likeness (QED) is 0.417. The van der Waals surface area contributed by atoms with Crippen molar-refractivity contribution in [2.45, 2.75) is 6.92 Å². The van der Waals surface area contributed by atoms with E-state index in [-0.39, 0.29) is 5.57 Å². The minimum absolute atomic E-state index is 0.0277. The third-order valence-electron chi connectivity index (χ3n) is 1.45. The Hall–Kier alpha value is -1.40. The molecule has 0 aliphatic heterocycles. The molecule has 0 rings (SSSR count). The summed E-state index contributed by atoms with van der Waals surface area (Å²) in [6, 6.07) is 0. The number of allylic oxidation sites excluding steroid dienone is 2. The smallest absolute Gasteiger partial charge is 0.336 e. The van der Waals surface area contributed by atoms with Crippen LogP contribution in [-0.4, -0.2) is 24.0 Å². The Morgan fingerprint density at radius 2 is 1.86 bits per heavy atom. The largest absolute Gasteiger partial charge is 0.478 e. The van der Waals surface area contributed by atoms with Gasteiger partial charge in [0, 0.05) is 0 Å². The highest BCUT2D eigenvalue weighted by molar-refractivity contribution is 7.90. The van der Waals surface area contributed by atoms with E-state index in [1.165, 1.54) is 6.92 Å². The Balaban J connectivity index is 5.73. The fraction of sp³-hybridized carbons (Fsp3) is 0.125. The van der Waals surface area contributed by atoms with Gasteiger partial charge in [-0.15, -0.1) is 0 Å². The van der Waals surface area contributed by atoms with Gasteiger partial charge in [0.2, 0.25) is 0 Å². The van der Waals surface area contributed by atoms with E-state index in [0.29, 0.717) is 0 Å². The third-order valence-corrected chi connectivity index (χ3v) is 2.54. The Kier molecular flexibility index (Phi) is 3.79. The summed E-state index contributed by atoms with van der Waals surface area (Å²) in [7, 11) is -4.59. The van der Waals surface area contributed by atoms with Gasteiger partial charge < -0.3 is 5.11 Å². The second-order valence-electron chi connectivity index (χ2n) is 2.48. The van der Waals surface area contributed by atoms with Crippen molar-refractivity contribution >= 4 is 16.1 Å². The van der Waals surface area contributed by atoms with Crippen molar-refractivity contribution in [3.8, 4) is 0 Å². The highest BCUT2D eigenvalue weighted by Crippen LogP contribution is 2.19. The molecule has 14 heavy (non-hydrogen) atoms. The molecule has 0 bridgehead atoms. The Bertz CT molecular complexity index is 413. The maximum atomic E-state index is 10.8. The first-order chi connectivity index (χ1) is 6.21. The summed E-state index contributed by atoms with van der Waals surface area (Å²) in [5.41, 5.74) is -0.662. The molecule has 0 saturated heterocycles. The van der Waals surface area contributed by atoms with Crippen molar-refractivity contribution in [3.05, 3.63) is 35.3 Å². The fourth-order valence-electron chi connectivity index (χ4n) is 0.787. The van der Waals surface area contributed by atoms with Gasteiger partial charge in [0.25, 0.3) is 10.1 Å². The highest BCUT2D eigenvalue weighted by atomic mass is 32.2. The van der Waals surface area contributed by atoms with Crippen LogP contribution in [0.4, 0.5) is 0 Å². The molecule has 0 unspecified atom stereocenters. The van der Waals surface area contributed by atoms with Crippen LogP contribution in [0.5, 0.6) is 0 Å². The van der Waals surface area contributed by atoms with Crippen molar-refractivity contribution in [3.63, 3.8) is 0 Å². The van der Waals surface area contributed by atoms with Gasteiger partial charge in [0.05, 0.1) is 5.57 Å². The lowest BCUT2D eigenvalue weighted by Gasteiger charge is -2.05. The van der Waals surface area contributed by atoms with Gasteiger partial charge in [-0.25, -0.2) is 4.79 Å². The second-order valence-corrected chi connectivity index (χ2v) is 3.83. The van der Waals surface area contributed by atoms with Gasteiger partial charge in [-0.2, -0.15) is 8.42 Å². The molecular weight excluding hydrogens is 208 g/mol. The molecule has 0 heterocycles. The van der Waals surface area contributed by atoms with Gasteiger partial charge in [0.15, 0.2) is 0 Å². The minimum atomic E-state index is -4.59. The highest BCUT2D eigenvalue weighted by Gasteiger charge is 2.23. The van der Waals surface area contributed by atoms with Gasteiger partial charge in [-0.3, -0.25) is 4.55 Å². The zero-order chi connectivity index (χ0) is 11.5. The Morgan fingerprint density at radius 1 is 1.43 bits per heavy atom. The average molecular weight is 218 g/mol. The molecule has 0 spiro atoms. The molecule has 5 nitrogen and oxygen atoms in total. The molecule has 0 aliphatic rings. The Morgan fingerprint density at radius 3 is 2.07 bits per heavy atom. The van der Waals surface area contributed by atoms with Crippen molar-refractivity contribution in [1.29, 1.82) is 0 Å². The molecule has 0 aromatic rings. The van der Waals surface area contributed by atoms with Crippen molar-refractivity contribution < 1.29 is 22.9 Å². The van der Waals surface area contributed by atoms with Gasteiger partial charge >= 0.3 is 5.97 Å². The van der Waals surface area contributed by atoms with Crippen LogP contribution in [0.2, 0.25) is 0 Å². The Labute approximate surface area is 81.8 Å². The molecule has 0 saturated carbocycles. The molecule has 78 valence electrons. The summed E-state index contributed by atoms with van der Waals surface area (Å²) in [6.45, 7) is 7.62. The lowest BCUT2D eigenvalue weighted by Crippen LogP contribution is -2.12. The summed E-state index contributed by atoms with van der Waals surface area (Å²) in [5, 5.41) is 8.52. The van der Waals surface area contributed by atoms with Crippen LogP contribution >= 0.6 is 0 Å². The van der Waals surface area contributed by atoms with E-state index in [1.807, 2.05) is 0 Å². The van der Waals surface area contributed by atoms with Crippen LogP contribution in [0.1, 0.15) is 6.92 Å². The van der Waals surface area contributed by atoms with E-state index < -0.39 is 26.6 Å². The first-order valence-electron chi connectivity index (χ1n) is 3.45. The van der Waals surface area contributed by atoms with Gasteiger partial charge in [-0.05, 0) is 12.5 Å². The average Bonchev–Trinajstić information content (AvgIpc) is 2.01. The summed E-state index contributed by atoms with van der Waals surface area (Å²) in [5.74, 6) is -1.51. The zero-order valence-electron chi connectivity index (χ0n) is 7.52. The number of rotatable bonds is 4. The standard InChI is InChI=1S/C8H10O5S/c1-4-5(2)7(14(11,12)13)6(3)8(9)10/h4H,1,3H2,2H3,(H,9,10)(H,11,12,13)/b7-5+. The molecule has 0 aromatic carbocycles. The third kappa shape index (κ3) is 2.82. The molecule has 2 N–H and O–H groups in total. The van der Waals surface area contributed by atoms with E-state index in [4.69, 9.17) is 9.66 Å². The predicted molar refractivity (Wildman–Crippen MR) is 51.2 cm³/mol. The molecule has 0 atom stereocenters. The van der Waals surface area contributed by atoms with E-state index in [2.05, 4.69) is 13.2 Å². The number of hydrogen-bond acceptors (Lipinski definition) is 3.